The first-order valence-corrected chi connectivity index (χ1v) is 10.0. The van der Waals surface area contributed by atoms with Gasteiger partial charge in [0.15, 0.2) is 0 Å². The molecule has 0 radical (unpaired) electrons. The summed E-state index contributed by atoms with van der Waals surface area (Å²) in [6.07, 6.45) is 6.98. The van der Waals surface area contributed by atoms with E-state index in [2.05, 4.69) is 60.5 Å². The molecule has 0 fully saturated rings. The van der Waals surface area contributed by atoms with Crippen LogP contribution < -0.4 is 4.90 Å². The topological polar surface area (TPSA) is 49.0 Å². The highest BCUT2D eigenvalue weighted by Crippen LogP contribution is 2.43. The number of amides is 1. The molecule has 2 heterocycles. The summed E-state index contributed by atoms with van der Waals surface area (Å²) >= 11 is 0. The van der Waals surface area contributed by atoms with Crippen LogP contribution in [0.5, 0.6) is 0 Å². The van der Waals surface area contributed by atoms with Gasteiger partial charge >= 0.3 is 0 Å². The first kappa shape index (κ1) is 18.5. The van der Waals surface area contributed by atoms with E-state index in [9.17, 15) is 4.79 Å². The van der Waals surface area contributed by atoms with Crippen molar-refractivity contribution in [2.45, 2.75) is 45.4 Å². The molecule has 1 N–H and O–H groups in total. The Hall–Kier alpha value is -2.88. The van der Waals surface area contributed by atoms with Crippen molar-refractivity contribution in [3.63, 3.8) is 0 Å². The summed E-state index contributed by atoms with van der Waals surface area (Å²) in [6.45, 7) is 6.73. The summed E-state index contributed by atoms with van der Waals surface area (Å²) in [7, 11) is 0. The maximum atomic E-state index is 13.0. The van der Waals surface area contributed by atoms with E-state index in [4.69, 9.17) is 4.98 Å². The molecule has 3 aromatic rings. The van der Waals surface area contributed by atoms with Crippen LogP contribution in [0.15, 0.2) is 54.6 Å². The molecule has 1 amide bonds. The summed E-state index contributed by atoms with van der Waals surface area (Å²) in [6, 6.07) is 14.7. The quantitative estimate of drug-likeness (QED) is 0.622. The van der Waals surface area contributed by atoms with Crippen molar-refractivity contribution in [2.75, 3.05) is 11.4 Å². The van der Waals surface area contributed by atoms with Crippen molar-refractivity contribution in [2.24, 2.45) is 0 Å². The van der Waals surface area contributed by atoms with Crippen molar-refractivity contribution in [1.29, 1.82) is 0 Å². The van der Waals surface area contributed by atoms with Gasteiger partial charge in [-0.1, -0.05) is 49.4 Å². The zero-order valence-electron chi connectivity index (χ0n) is 16.8. The lowest BCUT2D eigenvalue weighted by Gasteiger charge is -2.18. The van der Waals surface area contributed by atoms with Crippen LogP contribution in [0.2, 0.25) is 0 Å². The number of benzene rings is 2. The second-order valence-corrected chi connectivity index (χ2v) is 7.98. The fraction of sp³-hybridized carbons (Fsp3) is 0.333. The summed E-state index contributed by atoms with van der Waals surface area (Å²) in [5.41, 5.74) is 4.80. The molecule has 144 valence electrons. The van der Waals surface area contributed by atoms with Crippen LogP contribution in [0.3, 0.4) is 0 Å². The average molecular weight is 374 g/mol. The van der Waals surface area contributed by atoms with E-state index in [-0.39, 0.29) is 5.91 Å². The minimum Gasteiger partial charge on any atom is -0.342 e. The molecule has 0 spiro atoms. The van der Waals surface area contributed by atoms with Crippen LogP contribution in [0, 0.1) is 0 Å². The molecule has 0 saturated heterocycles. The molecule has 1 aliphatic rings. The number of hydrogen-bond donors (Lipinski definition) is 1. The van der Waals surface area contributed by atoms with Gasteiger partial charge < -0.3 is 9.88 Å². The molecule has 1 aliphatic heterocycles. The summed E-state index contributed by atoms with van der Waals surface area (Å²) < 4.78 is 0. The molecule has 4 rings (SSSR count). The number of hydrogen-bond acceptors (Lipinski definition) is 2. The van der Waals surface area contributed by atoms with Crippen LogP contribution in [0.4, 0.5) is 5.69 Å². The number of carbonyl (C=O) groups excluding carboxylic acids is 1. The third-order valence-corrected chi connectivity index (χ3v) is 5.58. The lowest BCUT2D eigenvalue weighted by atomic mass is 9.86. The van der Waals surface area contributed by atoms with E-state index in [1.165, 1.54) is 5.56 Å². The van der Waals surface area contributed by atoms with Gasteiger partial charge in [0.2, 0.25) is 5.91 Å². The first-order valence-electron chi connectivity index (χ1n) is 10.0. The van der Waals surface area contributed by atoms with Crippen LogP contribution >= 0.6 is 0 Å². The molecule has 4 nitrogen and oxygen atoms in total. The van der Waals surface area contributed by atoms with Gasteiger partial charge in [0.25, 0.3) is 0 Å². The fourth-order valence-electron chi connectivity index (χ4n) is 3.94. The van der Waals surface area contributed by atoms with Gasteiger partial charge in [0.1, 0.15) is 5.82 Å². The lowest BCUT2D eigenvalue weighted by Crippen LogP contribution is -2.36. The number of aromatic amines is 1. The fourth-order valence-corrected chi connectivity index (χ4v) is 3.94. The molecule has 1 aromatic heterocycles. The van der Waals surface area contributed by atoms with Gasteiger partial charge in [0.05, 0.1) is 22.1 Å². The van der Waals surface area contributed by atoms with E-state index in [0.717, 1.165) is 47.4 Å². The number of H-pyrrole nitrogens is 1. The smallest absolute Gasteiger partial charge is 0.237 e. The van der Waals surface area contributed by atoms with Crippen LogP contribution in [0.1, 0.15) is 44.1 Å². The van der Waals surface area contributed by atoms with Crippen LogP contribution in [0.25, 0.3) is 11.0 Å². The minimum atomic E-state index is -0.515. The highest BCUT2D eigenvalue weighted by atomic mass is 16.2. The number of nitrogens with zero attached hydrogens (tertiary/aromatic N) is 2. The molecule has 0 atom stereocenters. The average Bonchev–Trinajstić information content (AvgIpc) is 3.18. The predicted molar refractivity (Wildman–Crippen MR) is 115 cm³/mol. The first-order chi connectivity index (χ1) is 13.5. The highest BCUT2D eigenvalue weighted by molar-refractivity contribution is 6.09. The second kappa shape index (κ2) is 7.27. The summed E-state index contributed by atoms with van der Waals surface area (Å²) in [4.78, 5) is 23.1. The lowest BCUT2D eigenvalue weighted by molar-refractivity contribution is -0.121. The molecule has 4 heteroatoms. The van der Waals surface area contributed by atoms with E-state index in [0.29, 0.717) is 6.54 Å². The SMILES string of the molecule is CC/C=C\CN1C(=O)C(C)(C)c2cc3[nH]c(CCc4ccccc4)nc3cc21. The monoisotopic (exact) mass is 373 g/mol. The maximum Gasteiger partial charge on any atom is 0.237 e. The van der Waals surface area contributed by atoms with Gasteiger partial charge in [-0.15, -0.1) is 0 Å². The number of anilines is 1. The Morgan fingerprint density at radius 1 is 1.11 bits per heavy atom. The molecule has 2 aromatic carbocycles. The molecule has 0 bridgehead atoms. The van der Waals surface area contributed by atoms with Crippen molar-refractivity contribution in [3.8, 4) is 0 Å². The maximum absolute atomic E-state index is 13.0. The Morgan fingerprint density at radius 3 is 2.64 bits per heavy atom. The second-order valence-electron chi connectivity index (χ2n) is 7.98. The predicted octanol–water partition coefficient (Wildman–Crippen LogP) is 4.94. The molecule has 28 heavy (non-hydrogen) atoms. The number of imidazole rings is 1. The minimum absolute atomic E-state index is 0.153. The number of fused-ring (bicyclic) bond motifs is 2. The van der Waals surface area contributed by atoms with Crippen molar-refractivity contribution >= 4 is 22.6 Å². The zero-order valence-corrected chi connectivity index (χ0v) is 16.8. The molecular weight excluding hydrogens is 346 g/mol. The van der Waals surface area contributed by atoms with Crippen molar-refractivity contribution in [1.82, 2.24) is 9.97 Å². The highest BCUT2D eigenvalue weighted by Gasteiger charge is 2.43. The normalized spacial score (nSPS) is 15.7. The number of rotatable bonds is 6. The summed E-state index contributed by atoms with van der Waals surface area (Å²) in [5.74, 6) is 1.14. The van der Waals surface area contributed by atoms with Gasteiger partial charge in [-0.05, 0) is 49.9 Å². The Morgan fingerprint density at radius 2 is 1.89 bits per heavy atom. The van der Waals surface area contributed by atoms with E-state index in [1.54, 1.807) is 0 Å². The summed E-state index contributed by atoms with van der Waals surface area (Å²) in [5, 5.41) is 0. The number of aryl methyl sites for hydroxylation is 2. The van der Waals surface area contributed by atoms with Gasteiger partial charge in [-0.3, -0.25) is 4.79 Å². The molecule has 0 unspecified atom stereocenters. The molecular formula is C24H27N3O. The third-order valence-electron chi connectivity index (χ3n) is 5.58. The molecule has 0 saturated carbocycles. The number of aromatic nitrogens is 2. The third kappa shape index (κ3) is 3.24. The van der Waals surface area contributed by atoms with Gasteiger partial charge in [0, 0.05) is 13.0 Å². The van der Waals surface area contributed by atoms with E-state index < -0.39 is 5.41 Å². The Labute approximate surface area is 166 Å². The van der Waals surface area contributed by atoms with Crippen molar-refractivity contribution in [3.05, 3.63) is 71.6 Å². The Balaban J connectivity index is 1.65. The Kier molecular flexibility index (Phi) is 4.80. The van der Waals surface area contributed by atoms with Crippen LogP contribution in [-0.4, -0.2) is 22.4 Å². The number of carbonyl (C=O) groups is 1. The molecule has 0 aliphatic carbocycles. The number of nitrogens with one attached hydrogen (secondary N) is 1. The van der Waals surface area contributed by atoms with E-state index >= 15 is 0 Å². The zero-order chi connectivity index (χ0) is 19.7. The standard InChI is InChI=1S/C24H27N3O/c1-4-5-9-14-27-21-16-20-19(15-18(21)24(2,3)23(27)28)25-22(26-20)13-12-17-10-7-6-8-11-17/h5-11,15-16H,4,12-14H2,1-3H3,(H,25,26)/b9-5-. The van der Waals surface area contributed by atoms with E-state index in [1.807, 2.05) is 24.8 Å². The Bertz CT molecular complexity index is 1030. The van der Waals surface area contributed by atoms with Gasteiger partial charge in [-0.25, -0.2) is 4.98 Å². The van der Waals surface area contributed by atoms with Crippen molar-refractivity contribution < 1.29 is 4.79 Å². The number of allylic oxidation sites excluding steroid dienone is 1. The largest absolute Gasteiger partial charge is 0.342 e. The van der Waals surface area contributed by atoms with Gasteiger partial charge in [-0.2, -0.15) is 0 Å². The van der Waals surface area contributed by atoms with Crippen LogP contribution in [-0.2, 0) is 23.1 Å².